The second-order valence-corrected chi connectivity index (χ2v) is 2.85. The molecule has 0 aromatic carbocycles. The molecule has 0 amide bonds. The van der Waals surface area contributed by atoms with Crippen LogP contribution in [0.25, 0.3) is 0 Å². The van der Waals surface area contributed by atoms with Gasteiger partial charge in [-0.25, -0.2) is 4.98 Å². The third-order valence-electron chi connectivity index (χ3n) is 1.76. The van der Waals surface area contributed by atoms with Crippen molar-refractivity contribution in [2.45, 2.75) is 12.9 Å². The second-order valence-electron chi connectivity index (χ2n) is 2.85. The molecule has 94 valence electrons. The molecule has 0 fully saturated rings. The molecule has 4 N–H and O–H groups in total. The fourth-order valence-electron chi connectivity index (χ4n) is 1.10. The Morgan fingerprint density at radius 1 is 1.53 bits per heavy atom. The lowest BCUT2D eigenvalue weighted by molar-refractivity contribution is -0.389. The zero-order valence-corrected chi connectivity index (χ0v) is 8.19. The second kappa shape index (κ2) is 4.41. The Bertz CT molecular complexity index is 449. The van der Waals surface area contributed by atoms with Crippen molar-refractivity contribution in [3.63, 3.8) is 0 Å². The molecule has 0 aliphatic carbocycles. The molecule has 0 saturated heterocycles. The molecule has 0 unspecified atom stereocenters. The smallest absolute Gasteiger partial charge is 0.398 e. The topological polar surface area (TPSA) is 117 Å². The summed E-state index contributed by atoms with van der Waals surface area (Å²) in [5.41, 5.74) is 9.10. The average Bonchev–Trinajstić information content (AvgIpc) is 2.15. The van der Waals surface area contributed by atoms with E-state index >= 15 is 0 Å². The van der Waals surface area contributed by atoms with Gasteiger partial charge in [-0.1, -0.05) is 0 Å². The minimum atomic E-state index is -5.08. The van der Waals surface area contributed by atoms with Crippen LogP contribution in [0.4, 0.5) is 24.7 Å². The Kier molecular flexibility index (Phi) is 3.36. The van der Waals surface area contributed by atoms with Crippen LogP contribution in [-0.2, 0) is 6.54 Å². The molecule has 0 bridgehead atoms. The summed E-state index contributed by atoms with van der Waals surface area (Å²) in [5.74, 6) is -1.38. The number of alkyl halides is 3. The van der Waals surface area contributed by atoms with Crippen LogP contribution in [-0.4, -0.2) is 16.3 Å². The van der Waals surface area contributed by atoms with Crippen LogP contribution in [0.5, 0.6) is 5.75 Å². The Balaban J connectivity index is 3.39. The Morgan fingerprint density at radius 2 is 2.12 bits per heavy atom. The van der Waals surface area contributed by atoms with E-state index < -0.39 is 29.3 Å². The van der Waals surface area contributed by atoms with Gasteiger partial charge in [-0.05, 0) is 0 Å². The Labute approximate surface area is 92.3 Å². The number of nitrogens with zero attached hydrogens (tertiary/aromatic N) is 2. The van der Waals surface area contributed by atoms with Crippen LogP contribution in [0.15, 0.2) is 6.20 Å². The number of nitro groups is 1. The van der Waals surface area contributed by atoms with Crippen LogP contribution in [0, 0.1) is 10.1 Å². The quantitative estimate of drug-likeness (QED) is 0.610. The summed E-state index contributed by atoms with van der Waals surface area (Å²) in [6, 6.07) is 0. The molecular formula is C7H7F3N4O3. The largest absolute Gasteiger partial charge is 0.573 e. The van der Waals surface area contributed by atoms with Gasteiger partial charge in [-0.15, -0.1) is 13.2 Å². The normalized spacial score (nSPS) is 11.3. The zero-order chi connectivity index (χ0) is 13.2. The lowest BCUT2D eigenvalue weighted by Gasteiger charge is -2.13. The van der Waals surface area contributed by atoms with Crippen molar-refractivity contribution in [1.82, 2.24) is 4.98 Å². The molecule has 1 aromatic rings. The summed E-state index contributed by atoms with van der Waals surface area (Å²) in [6.45, 7) is -0.466. The lowest BCUT2D eigenvalue weighted by Crippen LogP contribution is -2.20. The van der Waals surface area contributed by atoms with E-state index in [0.717, 1.165) is 0 Å². The van der Waals surface area contributed by atoms with Crippen LogP contribution in [0.1, 0.15) is 5.56 Å². The molecular weight excluding hydrogens is 245 g/mol. The molecule has 0 saturated carbocycles. The highest BCUT2D eigenvalue weighted by atomic mass is 19.4. The number of pyridine rings is 1. The highest BCUT2D eigenvalue weighted by Crippen LogP contribution is 2.36. The Morgan fingerprint density at radius 3 is 2.53 bits per heavy atom. The number of ether oxygens (including phenoxy) is 1. The maximum absolute atomic E-state index is 12.1. The molecule has 1 aromatic heterocycles. The molecule has 0 radical (unpaired) electrons. The van der Waals surface area contributed by atoms with E-state index in [1.165, 1.54) is 0 Å². The highest BCUT2D eigenvalue weighted by molar-refractivity contribution is 5.58. The van der Waals surface area contributed by atoms with E-state index in [-0.39, 0.29) is 11.4 Å². The van der Waals surface area contributed by atoms with Gasteiger partial charge in [0.2, 0.25) is 5.75 Å². The average molecular weight is 252 g/mol. The van der Waals surface area contributed by atoms with Gasteiger partial charge in [0.15, 0.2) is 0 Å². The molecule has 0 aliphatic heterocycles. The third-order valence-corrected chi connectivity index (χ3v) is 1.76. The van der Waals surface area contributed by atoms with Gasteiger partial charge in [0.05, 0.1) is 10.5 Å². The van der Waals surface area contributed by atoms with E-state index in [2.05, 4.69) is 9.72 Å². The predicted molar refractivity (Wildman–Crippen MR) is 49.9 cm³/mol. The number of hydrogen-bond donors (Lipinski definition) is 2. The molecule has 0 aliphatic rings. The van der Waals surface area contributed by atoms with Gasteiger partial charge in [0.25, 0.3) is 0 Å². The molecule has 1 rings (SSSR count). The number of halogens is 3. The first-order valence-corrected chi connectivity index (χ1v) is 4.13. The van der Waals surface area contributed by atoms with Gasteiger partial charge < -0.3 is 16.2 Å². The summed E-state index contributed by atoms with van der Waals surface area (Å²) in [4.78, 5) is 12.8. The van der Waals surface area contributed by atoms with Crippen molar-refractivity contribution >= 4 is 11.5 Å². The van der Waals surface area contributed by atoms with Crippen molar-refractivity contribution in [2.75, 3.05) is 5.73 Å². The fourth-order valence-corrected chi connectivity index (χ4v) is 1.10. The molecule has 0 atom stereocenters. The number of aromatic nitrogens is 1. The molecule has 17 heavy (non-hydrogen) atoms. The summed E-state index contributed by atoms with van der Waals surface area (Å²) in [7, 11) is 0. The van der Waals surface area contributed by atoms with E-state index in [4.69, 9.17) is 11.5 Å². The van der Waals surface area contributed by atoms with Crippen molar-refractivity contribution in [2.24, 2.45) is 5.73 Å². The lowest BCUT2D eigenvalue weighted by atomic mass is 10.2. The molecule has 0 spiro atoms. The maximum Gasteiger partial charge on any atom is 0.573 e. The van der Waals surface area contributed by atoms with Crippen LogP contribution < -0.4 is 16.2 Å². The van der Waals surface area contributed by atoms with Gasteiger partial charge in [0.1, 0.15) is 12.0 Å². The number of hydrogen-bond acceptors (Lipinski definition) is 6. The first kappa shape index (κ1) is 13.0. The fraction of sp³-hybridized carbons (Fsp3) is 0.286. The summed E-state index contributed by atoms with van der Waals surface area (Å²) in [5, 5.41) is 10.5. The predicted octanol–water partition coefficient (Wildman–Crippen LogP) is 0.929. The first-order chi connectivity index (χ1) is 7.76. The van der Waals surface area contributed by atoms with Crippen LogP contribution in [0.3, 0.4) is 0 Å². The van der Waals surface area contributed by atoms with E-state index in [9.17, 15) is 23.3 Å². The number of rotatable bonds is 3. The van der Waals surface area contributed by atoms with E-state index in [1.54, 1.807) is 0 Å². The van der Waals surface area contributed by atoms with Gasteiger partial charge in [-0.2, -0.15) is 0 Å². The van der Waals surface area contributed by atoms with Crippen LogP contribution >= 0.6 is 0 Å². The Hall–Kier alpha value is -2.10. The summed E-state index contributed by atoms with van der Waals surface area (Å²) < 4.78 is 39.8. The standard InChI is InChI=1S/C7H7F3N4O3/c8-7(9,10)17-5-3(1-11)6(12)13-2-4(5)14(15)16/h2H,1,11H2,(H2,12,13). The SMILES string of the molecule is NCc1c(N)ncc([N+](=O)[O-])c1OC(F)(F)F. The minimum Gasteiger partial charge on any atom is -0.398 e. The zero-order valence-electron chi connectivity index (χ0n) is 8.19. The molecule has 10 heteroatoms. The van der Waals surface area contributed by atoms with Crippen molar-refractivity contribution in [3.8, 4) is 5.75 Å². The third kappa shape index (κ3) is 2.93. The minimum absolute atomic E-state index is 0.350. The molecule has 7 nitrogen and oxygen atoms in total. The first-order valence-electron chi connectivity index (χ1n) is 4.13. The van der Waals surface area contributed by atoms with Gasteiger partial charge in [0, 0.05) is 6.54 Å². The summed E-state index contributed by atoms with van der Waals surface area (Å²) in [6.07, 6.45) is -4.50. The number of anilines is 1. The van der Waals surface area contributed by atoms with E-state index in [1.807, 2.05) is 0 Å². The van der Waals surface area contributed by atoms with Crippen LogP contribution in [0.2, 0.25) is 0 Å². The highest BCUT2D eigenvalue weighted by Gasteiger charge is 2.36. The van der Waals surface area contributed by atoms with Gasteiger partial charge >= 0.3 is 12.0 Å². The monoisotopic (exact) mass is 252 g/mol. The van der Waals surface area contributed by atoms with Crippen molar-refractivity contribution in [3.05, 3.63) is 21.9 Å². The number of nitrogen functional groups attached to an aromatic ring is 1. The maximum atomic E-state index is 12.1. The molecule has 1 heterocycles. The van der Waals surface area contributed by atoms with E-state index in [0.29, 0.717) is 6.20 Å². The van der Waals surface area contributed by atoms with Crippen molar-refractivity contribution in [1.29, 1.82) is 0 Å². The summed E-state index contributed by atoms with van der Waals surface area (Å²) >= 11 is 0. The van der Waals surface area contributed by atoms with Gasteiger partial charge in [-0.3, -0.25) is 10.1 Å². The number of nitrogens with two attached hydrogens (primary N) is 2. The van der Waals surface area contributed by atoms with Crippen molar-refractivity contribution < 1.29 is 22.8 Å².